The van der Waals surface area contributed by atoms with Gasteiger partial charge in [0, 0.05) is 5.02 Å². The Labute approximate surface area is 102 Å². The lowest BCUT2D eigenvalue weighted by Gasteiger charge is -2.11. The SMILES string of the molecule is CCCOc1ccc(Cl)cc1[C@@H]1C[C@H]1CN. The van der Waals surface area contributed by atoms with Gasteiger partial charge >= 0.3 is 0 Å². The van der Waals surface area contributed by atoms with Crippen LogP contribution in [0.2, 0.25) is 5.02 Å². The highest BCUT2D eigenvalue weighted by molar-refractivity contribution is 6.30. The summed E-state index contributed by atoms with van der Waals surface area (Å²) < 4.78 is 5.74. The summed E-state index contributed by atoms with van der Waals surface area (Å²) in [6, 6.07) is 5.88. The van der Waals surface area contributed by atoms with Gasteiger partial charge in [-0.15, -0.1) is 0 Å². The summed E-state index contributed by atoms with van der Waals surface area (Å²) in [7, 11) is 0. The number of benzene rings is 1. The van der Waals surface area contributed by atoms with Gasteiger partial charge in [0.1, 0.15) is 5.75 Å². The van der Waals surface area contributed by atoms with E-state index < -0.39 is 0 Å². The lowest BCUT2D eigenvalue weighted by atomic mass is 10.1. The van der Waals surface area contributed by atoms with E-state index in [9.17, 15) is 0 Å². The van der Waals surface area contributed by atoms with Gasteiger partial charge in [0.05, 0.1) is 6.61 Å². The van der Waals surface area contributed by atoms with Crippen LogP contribution in [0.15, 0.2) is 18.2 Å². The molecule has 0 heterocycles. The van der Waals surface area contributed by atoms with Crippen LogP contribution in [0.1, 0.15) is 31.2 Å². The number of hydrogen-bond donors (Lipinski definition) is 1. The first-order chi connectivity index (χ1) is 7.76. The Balaban J connectivity index is 2.16. The molecule has 0 radical (unpaired) electrons. The van der Waals surface area contributed by atoms with E-state index in [0.717, 1.165) is 30.3 Å². The van der Waals surface area contributed by atoms with Crippen molar-refractivity contribution in [3.63, 3.8) is 0 Å². The molecule has 2 atom stereocenters. The van der Waals surface area contributed by atoms with E-state index in [-0.39, 0.29) is 0 Å². The molecule has 0 bridgehead atoms. The minimum Gasteiger partial charge on any atom is -0.493 e. The molecule has 0 amide bonds. The van der Waals surface area contributed by atoms with Gasteiger partial charge in [0.25, 0.3) is 0 Å². The maximum Gasteiger partial charge on any atom is 0.122 e. The van der Waals surface area contributed by atoms with Crippen molar-refractivity contribution in [1.29, 1.82) is 0 Å². The van der Waals surface area contributed by atoms with E-state index in [1.165, 1.54) is 12.0 Å². The molecule has 0 unspecified atom stereocenters. The fourth-order valence-electron chi connectivity index (χ4n) is 2.04. The third-order valence-electron chi connectivity index (χ3n) is 3.06. The monoisotopic (exact) mass is 239 g/mol. The van der Waals surface area contributed by atoms with Crippen LogP contribution >= 0.6 is 11.6 Å². The van der Waals surface area contributed by atoms with Crippen molar-refractivity contribution >= 4 is 11.6 Å². The second-order valence-corrected chi connectivity index (χ2v) is 4.81. The summed E-state index contributed by atoms with van der Waals surface area (Å²) >= 11 is 6.03. The Hall–Kier alpha value is -0.730. The predicted octanol–water partition coefficient (Wildman–Crippen LogP) is 3.19. The first-order valence-corrected chi connectivity index (χ1v) is 6.26. The van der Waals surface area contributed by atoms with Gasteiger partial charge in [0.15, 0.2) is 0 Å². The average Bonchev–Trinajstić information content (AvgIpc) is 3.06. The molecule has 2 rings (SSSR count). The second kappa shape index (κ2) is 5.07. The Bertz CT molecular complexity index is 367. The molecule has 88 valence electrons. The zero-order valence-electron chi connectivity index (χ0n) is 9.58. The molecule has 0 spiro atoms. The van der Waals surface area contributed by atoms with Gasteiger partial charge in [-0.3, -0.25) is 0 Å². The molecule has 1 fully saturated rings. The molecule has 1 aliphatic carbocycles. The third-order valence-corrected chi connectivity index (χ3v) is 3.29. The van der Waals surface area contributed by atoms with E-state index in [2.05, 4.69) is 6.92 Å². The molecule has 0 aliphatic heterocycles. The maximum atomic E-state index is 6.03. The highest BCUT2D eigenvalue weighted by Gasteiger charge is 2.38. The molecular weight excluding hydrogens is 222 g/mol. The van der Waals surface area contributed by atoms with Crippen LogP contribution in [-0.4, -0.2) is 13.2 Å². The summed E-state index contributed by atoms with van der Waals surface area (Å²) in [6.45, 7) is 3.62. The molecule has 1 aromatic carbocycles. The van der Waals surface area contributed by atoms with Crippen LogP contribution in [-0.2, 0) is 0 Å². The minimum atomic E-state index is 0.551. The van der Waals surface area contributed by atoms with Crippen molar-refractivity contribution < 1.29 is 4.74 Å². The topological polar surface area (TPSA) is 35.2 Å². The van der Waals surface area contributed by atoms with E-state index in [0.29, 0.717) is 11.8 Å². The second-order valence-electron chi connectivity index (χ2n) is 4.37. The smallest absolute Gasteiger partial charge is 0.122 e. The normalized spacial score (nSPS) is 23.2. The van der Waals surface area contributed by atoms with Gasteiger partial charge in [-0.1, -0.05) is 18.5 Å². The molecule has 1 aliphatic rings. The van der Waals surface area contributed by atoms with Gasteiger partial charge in [-0.25, -0.2) is 0 Å². The largest absolute Gasteiger partial charge is 0.493 e. The fourth-order valence-corrected chi connectivity index (χ4v) is 2.22. The average molecular weight is 240 g/mol. The van der Waals surface area contributed by atoms with E-state index in [1.807, 2.05) is 18.2 Å². The van der Waals surface area contributed by atoms with Crippen molar-refractivity contribution in [2.45, 2.75) is 25.7 Å². The molecular formula is C13H18ClNO. The Morgan fingerprint density at radius 2 is 2.31 bits per heavy atom. The van der Waals surface area contributed by atoms with Crippen LogP contribution in [0, 0.1) is 5.92 Å². The summed E-state index contributed by atoms with van der Waals surface area (Å²) in [5.74, 6) is 2.14. The van der Waals surface area contributed by atoms with E-state index in [4.69, 9.17) is 22.1 Å². The highest BCUT2D eigenvalue weighted by Crippen LogP contribution is 2.50. The molecule has 2 nitrogen and oxygen atoms in total. The zero-order chi connectivity index (χ0) is 11.5. The van der Waals surface area contributed by atoms with Crippen LogP contribution in [0.25, 0.3) is 0 Å². The van der Waals surface area contributed by atoms with Crippen molar-refractivity contribution in [1.82, 2.24) is 0 Å². The van der Waals surface area contributed by atoms with E-state index in [1.54, 1.807) is 0 Å². The molecule has 0 aromatic heterocycles. The van der Waals surface area contributed by atoms with Gasteiger partial charge in [0.2, 0.25) is 0 Å². The lowest BCUT2D eigenvalue weighted by molar-refractivity contribution is 0.314. The molecule has 1 aromatic rings. The first kappa shape index (κ1) is 11.7. The summed E-state index contributed by atoms with van der Waals surface area (Å²) in [5.41, 5.74) is 6.91. The van der Waals surface area contributed by atoms with Gasteiger partial charge < -0.3 is 10.5 Å². The first-order valence-electron chi connectivity index (χ1n) is 5.88. The zero-order valence-corrected chi connectivity index (χ0v) is 10.3. The standard InChI is InChI=1S/C13H18ClNO/c1-2-5-16-13-4-3-10(14)7-12(13)11-6-9(11)8-15/h3-4,7,9,11H,2,5-6,8,15H2,1H3/t9-,11+/m0/s1. The number of ether oxygens (including phenoxy) is 1. The summed E-state index contributed by atoms with van der Waals surface area (Å²) in [6.07, 6.45) is 2.19. The Kier molecular flexibility index (Phi) is 3.72. The number of nitrogens with two attached hydrogens (primary N) is 1. The van der Waals surface area contributed by atoms with Gasteiger partial charge in [-0.05, 0) is 55.0 Å². The molecule has 0 saturated heterocycles. The fraction of sp³-hybridized carbons (Fsp3) is 0.538. The summed E-state index contributed by atoms with van der Waals surface area (Å²) in [5, 5.41) is 0.779. The van der Waals surface area contributed by atoms with Crippen molar-refractivity contribution in [3.8, 4) is 5.75 Å². The minimum absolute atomic E-state index is 0.551. The summed E-state index contributed by atoms with van der Waals surface area (Å²) in [4.78, 5) is 0. The van der Waals surface area contributed by atoms with E-state index >= 15 is 0 Å². The van der Waals surface area contributed by atoms with Crippen LogP contribution < -0.4 is 10.5 Å². The Morgan fingerprint density at radius 1 is 1.50 bits per heavy atom. The molecule has 3 heteroatoms. The Morgan fingerprint density at radius 3 is 2.94 bits per heavy atom. The highest BCUT2D eigenvalue weighted by atomic mass is 35.5. The van der Waals surface area contributed by atoms with Crippen molar-refractivity contribution in [2.24, 2.45) is 11.7 Å². The predicted molar refractivity (Wildman–Crippen MR) is 67.1 cm³/mol. The third kappa shape index (κ3) is 2.50. The van der Waals surface area contributed by atoms with Gasteiger partial charge in [-0.2, -0.15) is 0 Å². The van der Waals surface area contributed by atoms with Crippen molar-refractivity contribution in [3.05, 3.63) is 28.8 Å². The number of rotatable bonds is 5. The molecule has 1 saturated carbocycles. The lowest BCUT2D eigenvalue weighted by Crippen LogP contribution is -2.03. The van der Waals surface area contributed by atoms with Crippen LogP contribution in [0.3, 0.4) is 0 Å². The molecule has 2 N–H and O–H groups in total. The quantitative estimate of drug-likeness (QED) is 0.857. The number of hydrogen-bond acceptors (Lipinski definition) is 2. The molecule has 16 heavy (non-hydrogen) atoms. The van der Waals surface area contributed by atoms with Crippen LogP contribution in [0.4, 0.5) is 0 Å². The number of halogens is 1. The van der Waals surface area contributed by atoms with Crippen molar-refractivity contribution in [2.75, 3.05) is 13.2 Å². The maximum absolute atomic E-state index is 6.03. The van der Waals surface area contributed by atoms with Crippen LogP contribution in [0.5, 0.6) is 5.75 Å².